The third-order valence-electron chi connectivity index (χ3n) is 1.63. The van der Waals surface area contributed by atoms with Crippen molar-refractivity contribution in [3.8, 4) is 0 Å². The van der Waals surface area contributed by atoms with Crippen LogP contribution in [-0.4, -0.2) is 5.78 Å². The Morgan fingerprint density at radius 2 is 2.17 bits per heavy atom. The van der Waals surface area contributed by atoms with Crippen molar-refractivity contribution >= 4 is 17.4 Å². The number of carbonyl (C=O) groups excluding carboxylic acids is 1. The minimum atomic E-state index is -0.557. The van der Waals surface area contributed by atoms with Gasteiger partial charge < -0.3 is 0 Å². The van der Waals surface area contributed by atoms with Crippen molar-refractivity contribution in [1.82, 2.24) is 0 Å². The van der Waals surface area contributed by atoms with Crippen LogP contribution in [0.4, 0.5) is 4.39 Å². The molecule has 0 saturated carbocycles. The Morgan fingerprint density at radius 3 is 2.67 bits per heavy atom. The average molecular weight is 191 g/mol. The SMILES string of the molecule is Cc1cc([14C]([14CH3])=O)c(F)cc1Cl. The molecule has 1 aromatic rings. The van der Waals surface area contributed by atoms with E-state index in [9.17, 15) is 9.18 Å². The van der Waals surface area contributed by atoms with Gasteiger partial charge in [0.15, 0.2) is 5.78 Å². The number of ketones is 1. The zero-order chi connectivity index (χ0) is 9.30. The van der Waals surface area contributed by atoms with Crippen LogP contribution in [0, 0.1) is 12.7 Å². The second-order valence-electron chi connectivity index (χ2n) is 2.64. The molecule has 0 amide bonds. The predicted molar refractivity (Wildman–Crippen MR) is 46.2 cm³/mol. The van der Waals surface area contributed by atoms with Crippen molar-refractivity contribution in [3.05, 3.63) is 34.1 Å². The minimum Gasteiger partial charge on any atom is -0.294 e. The van der Waals surface area contributed by atoms with E-state index in [1.807, 2.05) is 0 Å². The van der Waals surface area contributed by atoms with E-state index in [0.717, 1.165) is 6.07 Å². The zero-order valence-corrected chi connectivity index (χ0v) is 7.57. The first-order valence-electron chi connectivity index (χ1n) is 3.49. The number of halogens is 2. The van der Waals surface area contributed by atoms with Crippen molar-refractivity contribution < 1.29 is 9.18 Å². The molecule has 0 aromatic heterocycles. The Bertz CT molecular complexity index is 334. The molecule has 0 N–H and O–H groups in total. The smallest absolute Gasteiger partial charge is 0.162 e. The molecule has 0 heterocycles. The van der Waals surface area contributed by atoms with E-state index in [-0.39, 0.29) is 11.3 Å². The van der Waals surface area contributed by atoms with E-state index < -0.39 is 5.82 Å². The molecule has 64 valence electrons. The molecule has 0 atom stereocenters. The van der Waals surface area contributed by atoms with Crippen LogP contribution in [0.25, 0.3) is 0 Å². The van der Waals surface area contributed by atoms with E-state index in [1.54, 1.807) is 6.92 Å². The number of Topliss-reactive ketones (excluding diaryl/α,β-unsaturated/α-hetero) is 1. The van der Waals surface area contributed by atoms with Crippen LogP contribution in [0.2, 0.25) is 5.02 Å². The van der Waals surface area contributed by atoms with E-state index in [2.05, 4.69) is 0 Å². The van der Waals surface area contributed by atoms with Gasteiger partial charge in [-0.2, -0.15) is 0 Å². The Hall–Kier alpha value is -0.890. The summed E-state index contributed by atoms with van der Waals surface area (Å²) >= 11 is 5.64. The van der Waals surface area contributed by atoms with Crippen LogP contribution < -0.4 is 0 Å². The van der Waals surface area contributed by atoms with Gasteiger partial charge in [0.05, 0.1) is 5.56 Å². The molecule has 0 aliphatic rings. The molecule has 0 unspecified atom stereocenters. The quantitative estimate of drug-likeness (QED) is 0.623. The van der Waals surface area contributed by atoms with Crippen molar-refractivity contribution in [2.75, 3.05) is 0 Å². The first-order chi connectivity index (χ1) is 5.52. The Balaban J connectivity index is 3.33. The molecule has 0 saturated heterocycles. The van der Waals surface area contributed by atoms with Crippen LogP contribution in [0.3, 0.4) is 0 Å². The molecule has 1 rings (SSSR count). The molecule has 0 aliphatic carbocycles. The maximum Gasteiger partial charge on any atom is 0.162 e. The highest BCUT2D eigenvalue weighted by atomic mass is 35.5. The summed E-state index contributed by atoms with van der Waals surface area (Å²) in [7, 11) is 0. The lowest BCUT2D eigenvalue weighted by Gasteiger charge is -2.01. The van der Waals surface area contributed by atoms with Crippen molar-refractivity contribution in [2.45, 2.75) is 13.8 Å². The fraction of sp³-hybridized carbons (Fsp3) is 0.222. The summed E-state index contributed by atoms with van der Waals surface area (Å²) in [6.45, 7) is 3.06. The van der Waals surface area contributed by atoms with Crippen molar-refractivity contribution in [3.63, 3.8) is 0 Å². The lowest BCUT2D eigenvalue weighted by Crippen LogP contribution is -1.97. The lowest BCUT2D eigenvalue weighted by atomic mass is 10.2. The molecule has 0 aliphatic heterocycles. The fourth-order valence-corrected chi connectivity index (χ4v) is 1.08. The summed E-state index contributed by atoms with van der Waals surface area (Å²) in [5.41, 5.74) is 0.806. The van der Waals surface area contributed by atoms with E-state index in [1.165, 1.54) is 13.0 Å². The third kappa shape index (κ3) is 1.64. The Morgan fingerprint density at radius 1 is 1.58 bits per heavy atom. The number of hydrogen-bond donors (Lipinski definition) is 0. The molecule has 0 radical (unpaired) electrons. The van der Waals surface area contributed by atoms with Crippen LogP contribution in [0.5, 0.6) is 0 Å². The topological polar surface area (TPSA) is 17.1 Å². The molecule has 0 spiro atoms. The number of rotatable bonds is 1. The van der Waals surface area contributed by atoms with Gasteiger partial charge >= 0.3 is 0 Å². The largest absolute Gasteiger partial charge is 0.294 e. The molecule has 0 fully saturated rings. The maximum atomic E-state index is 13.0. The highest BCUT2D eigenvalue weighted by Crippen LogP contribution is 2.19. The van der Waals surface area contributed by atoms with E-state index >= 15 is 0 Å². The van der Waals surface area contributed by atoms with Gasteiger partial charge in [-0.1, -0.05) is 11.6 Å². The predicted octanol–water partition coefficient (Wildman–Crippen LogP) is 2.99. The van der Waals surface area contributed by atoms with E-state index in [4.69, 9.17) is 11.6 Å². The Kier molecular flexibility index (Phi) is 2.48. The van der Waals surface area contributed by atoms with Crippen LogP contribution in [-0.2, 0) is 0 Å². The maximum absolute atomic E-state index is 13.0. The number of aryl methyl sites for hydroxylation is 1. The van der Waals surface area contributed by atoms with Gasteiger partial charge in [-0.3, -0.25) is 4.79 Å². The van der Waals surface area contributed by atoms with Gasteiger partial charge in [-0.15, -0.1) is 0 Å². The first kappa shape index (κ1) is 9.20. The molecule has 1 nitrogen and oxygen atoms in total. The second-order valence-corrected chi connectivity index (χ2v) is 3.04. The molecular weight excluding hydrogens is 183 g/mol. The molecule has 0 bridgehead atoms. The normalized spacial score (nSPS) is 10.0. The van der Waals surface area contributed by atoms with Crippen molar-refractivity contribution in [2.24, 2.45) is 0 Å². The minimum absolute atomic E-state index is 0.0944. The standard InChI is InChI=1S/C9H8ClFO/c1-5-3-7(6(2)12)9(11)4-8(5)10/h3-4H,1-2H3/i2+2,6+2. The summed E-state index contributed by atoms with van der Waals surface area (Å²) in [6, 6.07) is 2.62. The number of carbonyl (C=O) groups is 1. The molecular formula is C9H8ClFO. The van der Waals surface area contributed by atoms with E-state index in [0.29, 0.717) is 10.6 Å². The highest BCUT2D eigenvalue weighted by molar-refractivity contribution is 6.31. The van der Waals surface area contributed by atoms with Crippen LogP contribution in [0.15, 0.2) is 12.1 Å². The highest BCUT2D eigenvalue weighted by Gasteiger charge is 2.09. The molecule has 1 aromatic carbocycles. The van der Waals surface area contributed by atoms with Crippen LogP contribution >= 0.6 is 11.6 Å². The monoisotopic (exact) mass is 190 g/mol. The molecule has 3 heteroatoms. The summed E-state index contributed by atoms with van der Waals surface area (Å²) < 4.78 is 13.0. The first-order valence-corrected chi connectivity index (χ1v) is 3.86. The van der Waals surface area contributed by atoms with Crippen molar-refractivity contribution in [1.29, 1.82) is 0 Å². The zero-order valence-electron chi connectivity index (χ0n) is 6.82. The molecule has 12 heavy (non-hydrogen) atoms. The van der Waals surface area contributed by atoms with Gasteiger partial charge in [-0.05, 0) is 31.5 Å². The van der Waals surface area contributed by atoms with Gasteiger partial charge in [0, 0.05) is 5.02 Å². The number of hydrogen-bond acceptors (Lipinski definition) is 1. The third-order valence-corrected chi connectivity index (χ3v) is 2.03. The summed E-state index contributed by atoms with van der Waals surface area (Å²) in [5, 5.41) is 0.345. The van der Waals surface area contributed by atoms with Gasteiger partial charge in [0.2, 0.25) is 0 Å². The fourth-order valence-electron chi connectivity index (χ4n) is 0.927. The van der Waals surface area contributed by atoms with Gasteiger partial charge in [-0.25, -0.2) is 4.39 Å². The summed E-state index contributed by atoms with van der Waals surface area (Å²) in [6.07, 6.45) is 0. The summed E-state index contributed by atoms with van der Waals surface area (Å²) in [5.74, 6) is -0.842. The van der Waals surface area contributed by atoms with Crippen LogP contribution in [0.1, 0.15) is 22.8 Å². The lowest BCUT2D eigenvalue weighted by molar-refractivity contribution is 0.101. The Labute approximate surface area is 75.2 Å². The average Bonchev–Trinajstić information content (AvgIpc) is 1.96. The second kappa shape index (κ2) is 3.23. The number of benzene rings is 1. The van der Waals surface area contributed by atoms with Gasteiger partial charge in [0.1, 0.15) is 5.82 Å². The van der Waals surface area contributed by atoms with Gasteiger partial charge in [0.25, 0.3) is 0 Å². The summed E-state index contributed by atoms with van der Waals surface area (Å²) in [4.78, 5) is 10.8.